The van der Waals surface area contributed by atoms with E-state index in [1.165, 1.54) is 0 Å². The van der Waals surface area contributed by atoms with Gasteiger partial charge in [-0.2, -0.15) is 0 Å². The van der Waals surface area contributed by atoms with Crippen LogP contribution in [-0.4, -0.2) is 54.9 Å². The molecule has 206 valence electrons. The standard InChI is InChI=1S/C27H35N2O8P/c1-20(26(32)34-16-13-21-9-5-4-6-10-21)18-38(33)36-19-27(2,3)24(37-38)25(31)29-15-12-23(30)35-17-22-11-7-8-14-28-22/h4-11,14,20,24H,12-13,15-19H2,1-3H3,(H,29,31)/t20-,24+,38?/m1/s1. The van der Waals surface area contributed by atoms with Crippen molar-refractivity contribution < 1.29 is 37.5 Å². The lowest BCUT2D eigenvalue weighted by atomic mass is 9.87. The fourth-order valence-electron chi connectivity index (χ4n) is 3.73. The van der Waals surface area contributed by atoms with E-state index in [4.69, 9.17) is 18.5 Å². The second-order valence-electron chi connectivity index (χ2n) is 9.87. The molecule has 1 aliphatic heterocycles. The zero-order valence-corrected chi connectivity index (χ0v) is 22.9. The first-order valence-electron chi connectivity index (χ1n) is 12.5. The van der Waals surface area contributed by atoms with Crippen LogP contribution in [0, 0.1) is 11.3 Å². The number of nitrogens with zero attached hydrogens (tertiary/aromatic N) is 1. The van der Waals surface area contributed by atoms with Gasteiger partial charge in [-0.25, -0.2) is 0 Å². The molecule has 1 aromatic carbocycles. The number of rotatable bonds is 12. The molecule has 1 unspecified atom stereocenters. The molecule has 11 heteroatoms. The molecular weight excluding hydrogens is 511 g/mol. The Morgan fingerprint density at radius 3 is 2.58 bits per heavy atom. The van der Waals surface area contributed by atoms with Crippen molar-refractivity contribution in [2.45, 2.75) is 46.3 Å². The Balaban J connectivity index is 1.45. The Hall–Kier alpha value is -3.07. The predicted molar refractivity (Wildman–Crippen MR) is 139 cm³/mol. The van der Waals surface area contributed by atoms with Gasteiger partial charge < -0.3 is 19.3 Å². The molecule has 38 heavy (non-hydrogen) atoms. The number of hydrogen-bond donors (Lipinski definition) is 1. The van der Waals surface area contributed by atoms with Crippen molar-refractivity contribution in [3.05, 3.63) is 66.0 Å². The summed E-state index contributed by atoms with van der Waals surface area (Å²) in [5.74, 6) is -2.28. The van der Waals surface area contributed by atoms with E-state index in [1.54, 1.807) is 45.2 Å². The fraction of sp³-hybridized carbons (Fsp3) is 0.481. The third-order valence-electron chi connectivity index (χ3n) is 5.96. The Bertz CT molecular complexity index is 1130. The molecule has 1 amide bonds. The molecule has 3 atom stereocenters. The minimum Gasteiger partial charge on any atom is -0.465 e. The summed E-state index contributed by atoms with van der Waals surface area (Å²) >= 11 is 0. The number of benzene rings is 1. The van der Waals surface area contributed by atoms with E-state index in [0.717, 1.165) is 5.56 Å². The third-order valence-corrected chi connectivity index (χ3v) is 8.01. The third kappa shape index (κ3) is 9.04. The lowest BCUT2D eigenvalue weighted by molar-refractivity contribution is -0.147. The first-order valence-corrected chi connectivity index (χ1v) is 14.3. The minimum atomic E-state index is -3.76. The predicted octanol–water partition coefficient (Wildman–Crippen LogP) is 3.69. The first kappa shape index (κ1) is 29.5. The average molecular weight is 547 g/mol. The molecule has 10 nitrogen and oxygen atoms in total. The molecule has 2 heterocycles. The van der Waals surface area contributed by atoms with Crippen molar-refractivity contribution >= 4 is 25.4 Å². The van der Waals surface area contributed by atoms with Gasteiger partial charge in [0.1, 0.15) is 6.61 Å². The largest absolute Gasteiger partial charge is 0.465 e. The quantitative estimate of drug-likeness (QED) is 0.313. The van der Waals surface area contributed by atoms with Gasteiger partial charge in [-0.3, -0.25) is 28.5 Å². The molecule has 2 aromatic rings. The van der Waals surface area contributed by atoms with Crippen LogP contribution < -0.4 is 5.32 Å². The number of nitrogens with one attached hydrogen (secondary N) is 1. The summed E-state index contributed by atoms with van der Waals surface area (Å²) in [4.78, 5) is 41.4. The number of amides is 1. The van der Waals surface area contributed by atoms with E-state index in [1.807, 2.05) is 30.3 Å². The maximum absolute atomic E-state index is 13.3. The van der Waals surface area contributed by atoms with Crippen molar-refractivity contribution in [2.75, 3.05) is 25.9 Å². The maximum atomic E-state index is 13.3. The molecule has 1 aromatic heterocycles. The molecule has 0 bridgehead atoms. The minimum absolute atomic E-state index is 0.00422. The smallest absolute Gasteiger partial charge is 0.332 e. The van der Waals surface area contributed by atoms with Gasteiger partial charge in [-0.15, -0.1) is 0 Å². The summed E-state index contributed by atoms with van der Waals surface area (Å²) in [6, 6.07) is 14.9. The van der Waals surface area contributed by atoms with Gasteiger partial charge in [-0.1, -0.05) is 57.2 Å². The fourth-order valence-corrected chi connectivity index (χ4v) is 6.03. The van der Waals surface area contributed by atoms with E-state index in [0.29, 0.717) is 12.1 Å². The van der Waals surface area contributed by atoms with E-state index >= 15 is 0 Å². The van der Waals surface area contributed by atoms with E-state index in [9.17, 15) is 18.9 Å². The van der Waals surface area contributed by atoms with Crippen LogP contribution in [0.1, 0.15) is 38.4 Å². The molecule has 3 rings (SSSR count). The Kier molecular flexibility index (Phi) is 10.6. The highest BCUT2D eigenvalue weighted by Gasteiger charge is 2.48. The molecule has 0 radical (unpaired) electrons. The maximum Gasteiger partial charge on any atom is 0.332 e. The second-order valence-corrected chi connectivity index (χ2v) is 11.9. The molecular formula is C27H35N2O8P. The highest BCUT2D eigenvalue weighted by molar-refractivity contribution is 7.54. The van der Waals surface area contributed by atoms with E-state index in [-0.39, 0.29) is 38.9 Å². The Labute approximate surface area is 222 Å². The lowest BCUT2D eigenvalue weighted by Gasteiger charge is -2.40. The van der Waals surface area contributed by atoms with Crippen molar-refractivity contribution in [1.29, 1.82) is 0 Å². The van der Waals surface area contributed by atoms with Crippen molar-refractivity contribution in [2.24, 2.45) is 11.3 Å². The number of pyridine rings is 1. The van der Waals surface area contributed by atoms with Gasteiger partial charge in [0, 0.05) is 24.6 Å². The van der Waals surface area contributed by atoms with Gasteiger partial charge >= 0.3 is 19.5 Å². The van der Waals surface area contributed by atoms with Crippen molar-refractivity contribution in [3.8, 4) is 0 Å². The van der Waals surface area contributed by atoms with Crippen LogP contribution in [0.4, 0.5) is 0 Å². The van der Waals surface area contributed by atoms with Crippen molar-refractivity contribution in [1.82, 2.24) is 10.3 Å². The Morgan fingerprint density at radius 2 is 1.87 bits per heavy atom. The lowest BCUT2D eigenvalue weighted by Crippen LogP contribution is -2.50. The molecule has 0 spiro atoms. The molecule has 1 aliphatic rings. The highest BCUT2D eigenvalue weighted by atomic mass is 31.2. The van der Waals surface area contributed by atoms with Gasteiger partial charge in [-0.05, 0) is 17.7 Å². The molecule has 1 N–H and O–H groups in total. The van der Waals surface area contributed by atoms with Gasteiger partial charge in [0.2, 0.25) is 5.91 Å². The monoisotopic (exact) mass is 546 g/mol. The SMILES string of the molecule is C[C@H](CP1(=O)OCC(C)(C)[C@H](C(=O)NCCC(=O)OCc2ccccn2)O1)C(=O)OCCc1ccccc1. The molecule has 1 saturated heterocycles. The summed E-state index contributed by atoms with van der Waals surface area (Å²) in [5, 5.41) is 2.65. The van der Waals surface area contributed by atoms with Crippen LogP contribution in [0.2, 0.25) is 0 Å². The van der Waals surface area contributed by atoms with Gasteiger partial charge in [0.15, 0.2) is 6.10 Å². The number of carbonyl (C=O) groups is 3. The van der Waals surface area contributed by atoms with Crippen LogP contribution in [0.15, 0.2) is 54.7 Å². The topological polar surface area (TPSA) is 130 Å². The summed E-state index contributed by atoms with van der Waals surface area (Å²) in [5.41, 5.74) is 0.876. The molecule has 0 saturated carbocycles. The van der Waals surface area contributed by atoms with Crippen molar-refractivity contribution in [3.63, 3.8) is 0 Å². The van der Waals surface area contributed by atoms with Crippen LogP contribution in [0.5, 0.6) is 0 Å². The zero-order valence-electron chi connectivity index (χ0n) is 22.0. The normalized spacial score (nSPS) is 21.2. The Morgan fingerprint density at radius 1 is 1.13 bits per heavy atom. The first-order chi connectivity index (χ1) is 18.1. The summed E-state index contributed by atoms with van der Waals surface area (Å²) in [6.45, 7) is 5.35. The highest BCUT2D eigenvalue weighted by Crippen LogP contribution is 2.57. The van der Waals surface area contributed by atoms with Crippen LogP contribution in [0.25, 0.3) is 0 Å². The summed E-state index contributed by atoms with van der Waals surface area (Å²) in [7, 11) is -3.76. The number of esters is 2. The molecule has 0 aliphatic carbocycles. The second kappa shape index (κ2) is 13.6. The van der Waals surface area contributed by atoms with Crippen LogP contribution in [0.3, 0.4) is 0 Å². The summed E-state index contributed by atoms with van der Waals surface area (Å²) < 4.78 is 35.1. The van der Waals surface area contributed by atoms with E-state index < -0.39 is 42.9 Å². The van der Waals surface area contributed by atoms with Gasteiger partial charge in [0.05, 0.1) is 37.4 Å². The number of aromatic nitrogens is 1. The van der Waals surface area contributed by atoms with Crippen LogP contribution >= 0.6 is 7.60 Å². The number of hydrogen-bond acceptors (Lipinski definition) is 9. The summed E-state index contributed by atoms with van der Waals surface area (Å²) in [6.07, 6.45) is 0.820. The van der Waals surface area contributed by atoms with Crippen LogP contribution in [-0.2, 0) is 50.5 Å². The zero-order chi connectivity index (χ0) is 27.6. The molecule has 1 fully saturated rings. The average Bonchev–Trinajstić information content (AvgIpc) is 2.90. The van der Waals surface area contributed by atoms with Gasteiger partial charge in [0.25, 0.3) is 0 Å². The van der Waals surface area contributed by atoms with E-state index in [2.05, 4.69) is 10.3 Å². The number of ether oxygens (including phenoxy) is 2. The number of carbonyl (C=O) groups excluding carboxylic acids is 3.